The second-order valence-electron chi connectivity index (χ2n) is 18.7. The Bertz CT molecular complexity index is 5100. The standard InChI is InChI=1S/C52H44N12O21S5/c1-27-19-34(63(67)68)11-15-40(27)57-58-41-17-13-38(53)47-36(41)21-31(26-87(74,75)76)49(51(47)65)61-55-32-9-7-28(30(20-32)25-86(71,72)73)5-6-29-8-10-33(22-44(29)88(77,78)83-2)56-62-50-46(90(81,82)85-4)24-37-42(18-14-39(54)48(37)52(50)66)59-60-43-16-12-35(64(69)70)23-45(43)89(79,80)84-3/h5-24,65-66H,25-26,53-54H2,1-4H3,(H,71,72,73)(H,74,75,76)/b6-5+,58-57?,60-59?,61-55?,62-56?. The third-order valence-electron chi connectivity index (χ3n) is 12.9. The van der Waals surface area contributed by atoms with E-state index < -0.39 is 121 Å². The van der Waals surface area contributed by atoms with Crippen LogP contribution in [-0.4, -0.2) is 92.6 Å². The Morgan fingerprint density at radius 2 is 0.900 bits per heavy atom. The van der Waals surface area contributed by atoms with Crippen LogP contribution in [-0.2, 0) is 74.6 Å². The molecule has 0 aliphatic carbocycles. The van der Waals surface area contributed by atoms with Crippen molar-refractivity contribution in [3.63, 3.8) is 0 Å². The number of aryl methyl sites for hydroxylation is 1. The normalized spacial score (nSPS) is 12.9. The molecule has 8 aromatic rings. The van der Waals surface area contributed by atoms with Gasteiger partial charge in [-0.25, -0.2) is 0 Å². The lowest BCUT2D eigenvalue weighted by Crippen LogP contribution is -2.05. The number of hydrogen-bond donors (Lipinski definition) is 6. The molecule has 33 nitrogen and oxygen atoms in total. The second kappa shape index (κ2) is 25.6. The van der Waals surface area contributed by atoms with Crippen LogP contribution >= 0.6 is 0 Å². The van der Waals surface area contributed by atoms with Crippen LogP contribution in [0.5, 0.6) is 11.5 Å². The lowest BCUT2D eigenvalue weighted by Gasteiger charge is -2.13. The van der Waals surface area contributed by atoms with Crippen molar-refractivity contribution in [3.05, 3.63) is 157 Å². The average molecular weight is 1330 g/mol. The molecule has 0 aliphatic heterocycles. The predicted molar refractivity (Wildman–Crippen MR) is 323 cm³/mol. The van der Waals surface area contributed by atoms with Crippen molar-refractivity contribution in [2.24, 2.45) is 40.9 Å². The summed E-state index contributed by atoms with van der Waals surface area (Å²) in [5, 5.41) is 77.7. The molecule has 0 radical (unpaired) electrons. The van der Waals surface area contributed by atoms with Crippen LogP contribution in [0.2, 0.25) is 0 Å². The minimum Gasteiger partial charge on any atom is -0.505 e. The van der Waals surface area contributed by atoms with Gasteiger partial charge in [0.25, 0.3) is 62.0 Å². The molecule has 0 saturated heterocycles. The fraction of sp³-hybridized carbons (Fsp3) is 0.115. The summed E-state index contributed by atoms with van der Waals surface area (Å²) in [6.07, 6.45) is 2.41. The van der Waals surface area contributed by atoms with E-state index in [2.05, 4.69) is 45.1 Å². The molecule has 8 N–H and O–H groups in total. The first-order chi connectivity index (χ1) is 42.1. The van der Waals surface area contributed by atoms with Crippen molar-refractivity contribution in [2.75, 3.05) is 32.8 Å². The summed E-state index contributed by atoms with van der Waals surface area (Å²) in [6, 6.07) is 20.5. The zero-order valence-corrected chi connectivity index (χ0v) is 50.4. The molecule has 0 atom stereocenters. The van der Waals surface area contributed by atoms with E-state index in [1.54, 1.807) is 6.92 Å². The van der Waals surface area contributed by atoms with E-state index in [0.717, 1.165) is 51.7 Å². The maximum Gasteiger partial charge on any atom is 0.299 e. The number of nitrogens with zero attached hydrogens (tertiary/aromatic N) is 10. The maximum atomic E-state index is 13.5. The van der Waals surface area contributed by atoms with Crippen molar-refractivity contribution in [2.45, 2.75) is 33.1 Å². The summed E-state index contributed by atoms with van der Waals surface area (Å²) < 4.78 is 163. The van der Waals surface area contributed by atoms with E-state index in [1.807, 2.05) is 0 Å². The van der Waals surface area contributed by atoms with E-state index in [1.165, 1.54) is 84.9 Å². The lowest BCUT2D eigenvalue weighted by atomic mass is 10.0. The van der Waals surface area contributed by atoms with Crippen molar-refractivity contribution < 1.29 is 83.8 Å². The Morgan fingerprint density at radius 3 is 1.44 bits per heavy atom. The summed E-state index contributed by atoms with van der Waals surface area (Å²) in [4.78, 5) is 19.0. The number of nitrogen functional groups attached to an aromatic ring is 2. The van der Waals surface area contributed by atoms with Crippen LogP contribution < -0.4 is 11.5 Å². The van der Waals surface area contributed by atoms with E-state index in [0.29, 0.717) is 11.6 Å². The second-order valence-corrected chi connectivity index (χ2v) is 26.6. The molecule has 38 heteroatoms. The van der Waals surface area contributed by atoms with Gasteiger partial charge in [-0.15, -0.1) is 25.6 Å². The van der Waals surface area contributed by atoms with Gasteiger partial charge in [-0.05, 0) is 102 Å². The first-order valence-corrected chi connectivity index (χ1v) is 32.2. The fourth-order valence-electron chi connectivity index (χ4n) is 8.62. The number of fused-ring (bicyclic) bond motifs is 2. The molecule has 0 saturated carbocycles. The number of hydrogen-bond acceptors (Lipinski definition) is 29. The Morgan fingerprint density at radius 1 is 0.467 bits per heavy atom. The summed E-state index contributed by atoms with van der Waals surface area (Å²) in [7, 11) is -21.5. The zero-order chi connectivity index (χ0) is 66.0. The molecule has 8 rings (SSSR count). The van der Waals surface area contributed by atoms with Crippen LogP contribution in [0.3, 0.4) is 0 Å². The van der Waals surface area contributed by atoms with Crippen LogP contribution in [0.1, 0.15) is 27.8 Å². The molecule has 0 bridgehead atoms. The molecule has 0 aromatic heterocycles. The number of aromatic hydroxyl groups is 2. The van der Waals surface area contributed by atoms with Gasteiger partial charge < -0.3 is 21.7 Å². The topological polar surface area (TPSA) is 517 Å². The number of non-ortho nitro benzene ring substituents is 2. The smallest absolute Gasteiger partial charge is 0.299 e. The largest absolute Gasteiger partial charge is 0.505 e. The number of benzene rings is 8. The quantitative estimate of drug-likeness (QED) is 0.00698. The molecule has 0 amide bonds. The SMILES string of the molecule is COS(=O)(=O)c1cc(N=Nc2c(S(=O)(=O)OC)cc3c(N=Nc4ccc([N+](=O)[O-])cc4S(=O)(=O)OC)ccc(N)c3c2O)ccc1/C=C/c1ccc(N=Nc2c(CS(=O)(=O)O)cc3c(N=Nc4ccc([N+](=O)[O-])cc4C)ccc(N)c3c2O)cc1CS(=O)(=O)O. The lowest BCUT2D eigenvalue weighted by molar-refractivity contribution is -0.385. The van der Waals surface area contributed by atoms with Crippen LogP contribution in [0.4, 0.5) is 68.2 Å². The van der Waals surface area contributed by atoms with Gasteiger partial charge in [-0.2, -0.15) is 57.4 Å². The molecule has 90 heavy (non-hydrogen) atoms. The first-order valence-electron chi connectivity index (χ1n) is 24.8. The van der Waals surface area contributed by atoms with Gasteiger partial charge in [0.2, 0.25) is 0 Å². The number of rotatable bonds is 22. The number of nitro groups is 2. The molecule has 0 aliphatic rings. The maximum absolute atomic E-state index is 13.5. The third kappa shape index (κ3) is 14.6. The van der Waals surface area contributed by atoms with Gasteiger partial charge in [0, 0.05) is 52.0 Å². The van der Waals surface area contributed by atoms with Gasteiger partial charge in [-0.1, -0.05) is 24.3 Å². The number of anilines is 2. The van der Waals surface area contributed by atoms with Crippen molar-refractivity contribution in [1.82, 2.24) is 0 Å². The molecule has 0 unspecified atom stereocenters. The third-order valence-corrected chi connectivity index (χ3v) is 18.2. The number of azo groups is 4. The van der Waals surface area contributed by atoms with E-state index in [-0.39, 0.29) is 89.3 Å². The van der Waals surface area contributed by atoms with Crippen molar-refractivity contribution >= 4 is 153 Å². The highest BCUT2D eigenvalue weighted by Crippen LogP contribution is 2.49. The van der Waals surface area contributed by atoms with Crippen molar-refractivity contribution in [1.29, 1.82) is 0 Å². The highest BCUT2D eigenvalue weighted by Gasteiger charge is 2.28. The summed E-state index contributed by atoms with van der Waals surface area (Å²) in [5.74, 6) is -3.91. The Kier molecular flexibility index (Phi) is 18.7. The van der Waals surface area contributed by atoms with E-state index >= 15 is 0 Å². The van der Waals surface area contributed by atoms with Gasteiger partial charge >= 0.3 is 0 Å². The average Bonchev–Trinajstić information content (AvgIpc) is 0.815. The van der Waals surface area contributed by atoms with Gasteiger partial charge in [0.15, 0.2) is 11.5 Å². The fourth-order valence-corrected chi connectivity index (χ4v) is 12.4. The number of phenols is 2. The molecule has 0 spiro atoms. The number of phenolic OH excluding ortho intramolecular Hbond substituents is 2. The summed E-state index contributed by atoms with van der Waals surface area (Å²) in [6.45, 7) is 1.55. The van der Waals surface area contributed by atoms with Gasteiger partial charge in [-0.3, -0.25) is 41.9 Å². The Labute approximate surface area is 509 Å². The highest BCUT2D eigenvalue weighted by atomic mass is 32.2. The molecule has 468 valence electrons. The Balaban J connectivity index is 1.16. The number of nitrogens with two attached hydrogens (primary N) is 2. The van der Waals surface area contributed by atoms with E-state index in [4.69, 9.17) is 19.8 Å². The minimum absolute atomic E-state index is 0.0211. The summed E-state index contributed by atoms with van der Waals surface area (Å²) >= 11 is 0. The van der Waals surface area contributed by atoms with Crippen LogP contribution in [0.15, 0.2) is 165 Å². The molecular weight excluding hydrogens is 1290 g/mol. The van der Waals surface area contributed by atoms with Crippen LogP contribution in [0, 0.1) is 27.2 Å². The highest BCUT2D eigenvalue weighted by molar-refractivity contribution is 7.87. The summed E-state index contributed by atoms with van der Waals surface area (Å²) in [5.41, 5.74) is 8.87. The van der Waals surface area contributed by atoms with E-state index in [9.17, 15) is 81.6 Å². The number of nitro benzene ring substituents is 2. The Hall–Kier alpha value is -10.0. The van der Waals surface area contributed by atoms with Gasteiger partial charge in [0.1, 0.15) is 43.3 Å². The first kappa shape index (κ1) is 65.9. The predicted octanol–water partition coefficient (Wildman–Crippen LogP) is 11.3. The minimum atomic E-state index is -4.87. The van der Waals surface area contributed by atoms with Crippen LogP contribution in [0.25, 0.3) is 33.7 Å². The molecule has 8 aromatic carbocycles. The van der Waals surface area contributed by atoms with Crippen molar-refractivity contribution in [3.8, 4) is 11.5 Å². The van der Waals surface area contributed by atoms with Gasteiger partial charge in [0.05, 0.1) is 70.4 Å². The zero-order valence-electron chi connectivity index (χ0n) is 46.4. The molecular formula is C52H44N12O21S5. The molecule has 0 heterocycles. The monoisotopic (exact) mass is 1330 g/mol. The molecule has 0 fully saturated rings.